The van der Waals surface area contributed by atoms with Crippen LogP contribution in [0.25, 0.3) is 0 Å². The van der Waals surface area contributed by atoms with E-state index in [1.54, 1.807) is 18.2 Å². The Morgan fingerprint density at radius 1 is 1.07 bits per heavy atom. The van der Waals surface area contributed by atoms with Crippen LogP contribution in [0.5, 0.6) is 11.5 Å². The first-order valence-electron chi connectivity index (χ1n) is 8.26. The van der Waals surface area contributed by atoms with Gasteiger partial charge in [0.05, 0.1) is 26.2 Å². The molecule has 0 aromatic heterocycles. The molecule has 0 atom stereocenters. The van der Waals surface area contributed by atoms with Crippen molar-refractivity contribution in [3.8, 4) is 11.5 Å². The zero-order valence-electron chi connectivity index (χ0n) is 15.9. The first-order chi connectivity index (χ1) is 12.7. The zero-order valence-corrected chi connectivity index (χ0v) is 16.7. The summed E-state index contributed by atoms with van der Waals surface area (Å²) in [6.45, 7) is 1.94. The van der Waals surface area contributed by atoms with E-state index in [1.807, 2.05) is 31.2 Å². The van der Waals surface area contributed by atoms with Gasteiger partial charge >= 0.3 is 0 Å². The van der Waals surface area contributed by atoms with Crippen LogP contribution in [-0.2, 0) is 21.4 Å². The number of nitrogens with one attached hydrogen (secondary N) is 1. The van der Waals surface area contributed by atoms with Crippen LogP contribution in [0.3, 0.4) is 0 Å². The molecule has 0 spiro atoms. The lowest BCUT2D eigenvalue weighted by Crippen LogP contribution is -2.40. The maximum absolute atomic E-state index is 12.4. The fourth-order valence-electron chi connectivity index (χ4n) is 2.46. The fraction of sp³-hybridized carbons (Fsp3) is 0.316. The molecule has 2 aromatic rings. The molecule has 27 heavy (non-hydrogen) atoms. The molecule has 2 rings (SSSR count). The van der Waals surface area contributed by atoms with E-state index in [4.69, 9.17) is 9.47 Å². The lowest BCUT2D eigenvalue weighted by molar-refractivity contribution is -0.119. The maximum Gasteiger partial charge on any atom is 0.241 e. The Morgan fingerprint density at radius 3 is 2.30 bits per heavy atom. The summed E-state index contributed by atoms with van der Waals surface area (Å²) < 4.78 is 35.9. The van der Waals surface area contributed by atoms with E-state index in [-0.39, 0.29) is 12.2 Å². The van der Waals surface area contributed by atoms with E-state index in [0.29, 0.717) is 18.0 Å². The number of ether oxygens (including phenoxy) is 2. The van der Waals surface area contributed by atoms with Gasteiger partial charge in [-0.15, -0.1) is 0 Å². The van der Waals surface area contributed by atoms with Gasteiger partial charge in [0.1, 0.15) is 18.0 Å². The van der Waals surface area contributed by atoms with E-state index in [0.717, 1.165) is 21.7 Å². The van der Waals surface area contributed by atoms with Gasteiger partial charge in [0.2, 0.25) is 15.9 Å². The highest BCUT2D eigenvalue weighted by Crippen LogP contribution is 2.33. The number of hydrogen-bond donors (Lipinski definition) is 1. The Kier molecular flexibility index (Phi) is 6.68. The minimum atomic E-state index is -3.70. The molecule has 0 radical (unpaired) electrons. The van der Waals surface area contributed by atoms with Crippen LogP contribution in [0.15, 0.2) is 42.5 Å². The first-order valence-corrected chi connectivity index (χ1v) is 10.1. The Hall–Kier alpha value is -2.74. The summed E-state index contributed by atoms with van der Waals surface area (Å²) in [7, 11) is -0.774. The van der Waals surface area contributed by atoms with Crippen LogP contribution < -0.4 is 19.1 Å². The SMILES string of the molecule is COc1ccc(N(CC(=O)NCc2ccc(C)cc2)S(C)(=O)=O)c(OC)c1. The van der Waals surface area contributed by atoms with Gasteiger partial charge in [-0.2, -0.15) is 0 Å². The van der Waals surface area contributed by atoms with Gasteiger partial charge in [-0.3, -0.25) is 9.10 Å². The number of carbonyl (C=O) groups is 1. The Balaban J connectivity index is 2.17. The molecule has 0 aliphatic rings. The summed E-state index contributed by atoms with van der Waals surface area (Å²) >= 11 is 0. The average molecular weight is 392 g/mol. The molecule has 0 saturated heterocycles. The summed E-state index contributed by atoms with van der Waals surface area (Å²) in [6.07, 6.45) is 1.05. The molecule has 7 nitrogen and oxygen atoms in total. The van der Waals surface area contributed by atoms with Crippen LogP contribution >= 0.6 is 0 Å². The average Bonchev–Trinajstić information content (AvgIpc) is 2.64. The molecule has 146 valence electrons. The van der Waals surface area contributed by atoms with E-state index in [2.05, 4.69) is 5.32 Å². The third kappa shape index (κ3) is 5.62. The third-order valence-electron chi connectivity index (χ3n) is 3.95. The second-order valence-electron chi connectivity index (χ2n) is 6.07. The summed E-state index contributed by atoms with van der Waals surface area (Å²) in [4.78, 5) is 12.4. The highest BCUT2D eigenvalue weighted by molar-refractivity contribution is 7.92. The van der Waals surface area contributed by atoms with E-state index in [9.17, 15) is 13.2 Å². The topological polar surface area (TPSA) is 84.9 Å². The predicted molar refractivity (Wildman–Crippen MR) is 105 cm³/mol. The number of sulfonamides is 1. The molecule has 0 aliphatic heterocycles. The van der Waals surface area contributed by atoms with Crippen molar-refractivity contribution in [2.24, 2.45) is 0 Å². The van der Waals surface area contributed by atoms with Gasteiger partial charge in [-0.05, 0) is 24.6 Å². The van der Waals surface area contributed by atoms with E-state index < -0.39 is 15.9 Å². The second kappa shape index (κ2) is 8.77. The van der Waals surface area contributed by atoms with Gasteiger partial charge in [-0.1, -0.05) is 29.8 Å². The van der Waals surface area contributed by atoms with Gasteiger partial charge in [0.15, 0.2) is 0 Å². The number of benzene rings is 2. The number of rotatable bonds is 8. The van der Waals surface area contributed by atoms with E-state index >= 15 is 0 Å². The number of carbonyl (C=O) groups excluding carboxylic acids is 1. The van der Waals surface area contributed by atoms with Crippen LogP contribution in [0.1, 0.15) is 11.1 Å². The van der Waals surface area contributed by atoms with Gasteiger partial charge < -0.3 is 14.8 Å². The molecule has 0 saturated carbocycles. The molecular weight excluding hydrogens is 368 g/mol. The monoisotopic (exact) mass is 392 g/mol. The second-order valence-corrected chi connectivity index (χ2v) is 7.98. The van der Waals surface area contributed by atoms with E-state index in [1.165, 1.54) is 14.2 Å². The Morgan fingerprint density at radius 2 is 1.74 bits per heavy atom. The zero-order chi connectivity index (χ0) is 20.0. The fourth-order valence-corrected chi connectivity index (χ4v) is 3.32. The minimum Gasteiger partial charge on any atom is -0.497 e. The van der Waals surface area contributed by atoms with Crippen LogP contribution in [0, 0.1) is 6.92 Å². The molecule has 0 unspecified atom stereocenters. The first kappa shape index (κ1) is 20.6. The number of nitrogens with zero attached hydrogens (tertiary/aromatic N) is 1. The van der Waals surface area contributed by atoms with Gasteiger partial charge in [0, 0.05) is 12.6 Å². The lowest BCUT2D eigenvalue weighted by atomic mass is 10.1. The Labute approximate surface area is 160 Å². The quantitative estimate of drug-likeness (QED) is 0.744. The summed E-state index contributed by atoms with van der Waals surface area (Å²) in [5.74, 6) is 0.401. The number of amides is 1. The van der Waals surface area contributed by atoms with Crippen molar-refractivity contribution in [1.82, 2.24) is 5.32 Å². The molecule has 1 N–H and O–H groups in total. The standard InChI is InChI=1S/C19H24N2O5S/c1-14-5-7-15(8-6-14)12-20-19(22)13-21(27(4,23)24)17-10-9-16(25-2)11-18(17)26-3/h5-11H,12-13H2,1-4H3,(H,20,22). The molecule has 0 aliphatic carbocycles. The smallest absolute Gasteiger partial charge is 0.241 e. The molecule has 0 bridgehead atoms. The molecule has 1 amide bonds. The largest absolute Gasteiger partial charge is 0.497 e. The van der Waals surface area contributed by atoms with Crippen molar-refractivity contribution < 1.29 is 22.7 Å². The summed E-state index contributed by atoms with van der Waals surface area (Å²) in [5.41, 5.74) is 2.33. The predicted octanol–water partition coefficient (Wildman–Crippen LogP) is 2.09. The van der Waals surface area contributed by atoms with Crippen molar-refractivity contribution in [3.05, 3.63) is 53.6 Å². The summed E-state index contributed by atoms with van der Waals surface area (Å²) in [5, 5.41) is 2.74. The number of methoxy groups -OCH3 is 2. The highest BCUT2D eigenvalue weighted by atomic mass is 32.2. The molecular formula is C19H24N2O5S. The summed E-state index contributed by atoms with van der Waals surface area (Å²) in [6, 6.07) is 12.5. The van der Waals surface area contributed by atoms with Crippen molar-refractivity contribution >= 4 is 21.6 Å². The van der Waals surface area contributed by atoms with Crippen LogP contribution in [-0.4, -0.2) is 41.3 Å². The Bertz CT molecular complexity index is 895. The van der Waals surface area contributed by atoms with Crippen molar-refractivity contribution in [2.75, 3.05) is 31.3 Å². The van der Waals surface area contributed by atoms with Gasteiger partial charge in [0.25, 0.3) is 0 Å². The normalized spacial score (nSPS) is 11.0. The molecule has 2 aromatic carbocycles. The lowest BCUT2D eigenvalue weighted by Gasteiger charge is -2.24. The van der Waals surface area contributed by atoms with Crippen LogP contribution in [0.2, 0.25) is 0 Å². The number of hydrogen-bond acceptors (Lipinski definition) is 5. The highest BCUT2D eigenvalue weighted by Gasteiger charge is 2.24. The number of aryl methyl sites for hydroxylation is 1. The molecule has 0 heterocycles. The van der Waals surface area contributed by atoms with Gasteiger partial charge in [-0.25, -0.2) is 8.42 Å². The van der Waals surface area contributed by atoms with Crippen molar-refractivity contribution in [2.45, 2.75) is 13.5 Å². The maximum atomic E-state index is 12.4. The van der Waals surface area contributed by atoms with Crippen LogP contribution in [0.4, 0.5) is 5.69 Å². The number of anilines is 1. The molecule has 8 heteroatoms. The van der Waals surface area contributed by atoms with Crippen molar-refractivity contribution in [1.29, 1.82) is 0 Å². The van der Waals surface area contributed by atoms with Crippen molar-refractivity contribution in [3.63, 3.8) is 0 Å². The third-order valence-corrected chi connectivity index (χ3v) is 5.08. The minimum absolute atomic E-state index is 0.270. The molecule has 0 fully saturated rings.